The Bertz CT molecular complexity index is 234. The molecule has 2 unspecified atom stereocenters. The van der Waals surface area contributed by atoms with Crippen LogP contribution in [0.5, 0.6) is 0 Å². The fourth-order valence-corrected chi connectivity index (χ4v) is 1.94. The highest BCUT2D eigenvalue weighted by molar-refractivity contribution is 5.76. The van der Waals surface area contributed by atoms with Crippen molar-refractivity contribution in [3.63, 3.8) is 0 Å². The molecule has 1 aliphatic carbocycles. The summed E-state index contributed by atoms with van der Waals surface area (Å²) in [5, 5.41) is 11.7. The van der Waals surface area contributed by atoms with Crippen LogP contribution in [-0.2, 0) is 9.53 Å². The largest absolute Gasteiger partial charge is 0.396 e. The van der Waals surface area contributed by atoms with E-state index in [9.17, 15) is 4.79 Å². The lowest BCUT2D eigenvalue weighted by molar-refractivity contribution is -0.122. The van der Waals surface area contributed by atoms with Crippen LogP contribution < -0.4 is 5.32 Å². The Kier molecular flexibility index (Phi) is 6.11. The van der Waals surface area contributed by atoms with Crippen LogP contribution in [0.3, 0.4) is 0 Å². The molecular formula is C12H21NO3. The Hall–Kier alpha value is -0.870. The fraction of sp³-hybridized carbons (Fsp3) is 0.750. The van der Waals surface area contributed by atoms with E-state index in [0.717, 1.165) is 12.8 Å². The van der Waals surface area contributed by atoms with Gasteiger partial charge in [0.1, 0.15) is 0 Å². The van der Waals surface area contributed by atoms with Crippen LogP contribution in [0.25, 0.3) is 0 Å². The van der Waals surface area contributed by atoms with Crippen LogP contribution in [0.15, 0.2) is 12.2 Å². The minimum absolute atomic E-state index is 0.0482. The van der Waals surface area contributed by atoms with E-state index in [2.05, 4.69) is 17.5 Å². The number of hydrogen-bond acceptors (Lipinski definition) is 3. The molecule has 4 nitrogen and oxygen atoms in total. The number of methoxy groups -OCH3 is 1. The Labute approximate surface area is 96.7 Å². The Balaban J connectivity index is 2.26. The molecule has 1 aliphatic rings. The van der Waals surface area contributed by atoms with E-state index in [4.69, 9.17) is 9.84 Å². The number of ether oxygens (including phenoxy) is 1. The summed E-state index contributed by atoms with van der Waals surface area (Å²) in [5.74, 6) is 0.435. The molecule has 0 fully saturated rings. The number of amides is 1. The zero-order valence-corrected chi connectivity index (χ0v) is 9.82. The lowest BCUT2D eigenvalue weighted by Gasteiger charge is -2.17. The number of nitrogens with one attached hydrogen (secondary N) is 1. The van der Waals surface area contributed by atoms with Gasteiger partial charge in [-0.25, -0.2) is 0 Å². The second-order valence-electron chi connectivity index (χ2n) is 4.20. The topological polar surface area (TPSA) is 58.6 Å². The SMILES string of the molecule is COCC(CCO)NC(=O)CC1C=CCC1. The summed E-state index contributed by atoms with van der Waals surface area (Å²) in [6.45, 7) is 0.518. The summed E-state index contributed by atoms with van der Waals surface area (Å²) >= 11 is 0. The van der Waals surface area contributed by atoms with Gasteiger partial charge in [-0.15, -0.1) is 0 Å². The highest BCUT2D eigenvalue weighted by Gasteiger charge is 2.16. The lowest BCUT2D eigenvalue weighted by atomic mass is 10.0. The summed E-state index contributed by atoms with van der Waals surface area (Å²) in [6, 6.07) is -0.0760. The second kappa shape index (κ2) is 7.41. The molecule has 0 bridgehead atoms. The molecule has 0 saturated heterocycles. The van der Waals surface area contributed by atoms with Gasteiger partial charge in [-0.05, 0) is 25.2 Å². The first-order chi connectivity index (χ1) is 7.76. The monoisotopic (exact) mass is 227 g/mol. The van der Waals surface area contributed by atoms with Crippen LogP contribution in [0.1, 0.15) is 25.7 Å². The van der Waals surface area contributed by atoms with Gasteiger partial charge in [-0.2, -0.15) is 0 Å². The first-order valence-corrected chi connectivity index (χ1v) is 5.82. The highest BCUT2D eigenvalue weighted by Crippen LogP contribution is 2.20. The molecule has 0 aliphatic heterocycles. The zero-order chi connectivity index (χ0) is 11.8. The minimum atomic E-state index is -0.0760. The number of carbonyl (C=O) groups excluding carboxylic acids is 1. The molecule has 2 atom stereocenters. The molecule has 16 heavy (non-hydrogen) atoms. The van der Waals surface area contributed by atoms with Crippen molar-refractivity contribution in [1.82, 2.24) is 5.32 Å². The number of carbonyl (C=O) groups is 1. The summed E-state index contributed by atoms with van der Waals surface area (Å²) in [4.78, 5) is 11.7. The molecule has 0 aromatic heterocycles. The van der Waals surface area contributed by atoms with Gasteiger partial charge >= 0.3 is 0 Å². The number of rotatable bonds is 7. The van der Waals surface area contributed by atoms with Crippen molar-refractivity contribution in [3.05, 3.63) is 12.2 Å². The van der Waals surface area contributed by atoms with Crippen molar-refractivity contribution >= 4 is 5.91 Å². The van der Waals surface area contributed by atoms with E-state index in [1.807, 2.05) is 0 Å². The third-order valence-electron chi connectivity index (χ3n) is 2.77. The van der Waals surface area contributed by atoms with E-state index < -0.39 is 0 Å². The molecule has 0 radical (unpaired) electrons. The summed E-state index contributed by atoms with van der Waals surface area (Å²) in [5.41, 5.74) is 0. The first-order valence-electron chi connectivity index (χ1n) is 5.82. The van der Waals surface area contributed by atoms with Gasteiger partial charge in [-0.3, -0.25) is 4.79 Å². The molecule has 0 aromatic rings. The van der Waals surface area contributed by atoms with Gasteiger partial charge in [0.2, 0.25) is 5.91 Å². The van der Waals surface area contributed by atoms with Gasteiger partial charge in [0.15, 0.2) is 0 Å². The maximum absolute atomic E-state index is 11.7. The Morgan fingerprint density at radius 3 is 3.06 bits per heavy atom. The maximum atomic E-state index is 11.7. The Morgan fingerprint density at radius 2 is 2.50 bits per heavy atom. The fourth-order valence-electron chi connectivity index (χ4n) is 1.94. The van der Waals surface area contributed by atoms with Crippen molar-refractivity contribution in [2.75, 3.05) is 20.3 Å². The first kappa shape index (κ1) is 13.2. The predicted molar refractivity (Wildman–Crippen MR) is 62.0 cm³/mol. The van der Waals surface area contributed by atoms with Gasteiger partial charge in [0.05, 0.1) is 12.6 Å². The molecule has 0 saturated carbocycles. The normalized spacial score (nSPS) is 21.0. The van der Waals surface area contributed by atoms with E-state index in [1.165, 1.54) is 0 Å². The Morgan fingerprint density at radius 1 is 1.69 bits per heavy atom. The van der Waals surface area contributed by atoms with Crippen molar-refractivity contribution in [2.45, 2.75) is 31.7 Å². The van der Waals surface area contributed by atoms with Crippen LogP contribution >= 0.6 is 0 Å². The summed E-state index contributed by atoms with van der Waals surface area (Å²) < 4.78 is 4.99. The van der Waals surface area contributed by atoms with E-state index in [0.29, 0.717) is 25.4 Å². The number of aliphatic hydroxyl groups excluding tert-OH is 1. The van der Waals surface area contributed by atoms with E-state index >= 15 is 0 Å². The molecule has 1 rings (SSSR count). The third-order valence-corrected chi connectivity index (χ3v) is 2.77. The van der Waals surface area contributed by atoms with Crippen molar-refractivity contribution < 1.29 is 14.6 Å². The van der Waals surface area contributed by atoms with Crippen LogP contribution in [0.4, 0.5) is 0 Å². The van der Waals surface area contributed by atoms with Gasteiger partial charge in [-0.1, -0.05) is 12.2 Å². The third kappa shape index (κ3) is 4.77. The molecule has 4 heteroatoms. The van der Waals surface area contributed by atoms with Gasteiger partial charge in [0.25, 0.3) is 0 Å². The van der Waals surface area contributed by atoms with Gasteiger partial charge in [0, 0.05) is 20.1 Å². The number of allylic oxidation sites excluding steroid dienone is 2. The van der Waals surface area contributed by atoms with E-state index in [-0.39, 0.29) is 18.6 Å². The summed E-state index contributed by atoms with van der Waals surface area (Å²) in [6.07, 6.45) is 7.47. The molecule has 0 heterocycles. The standard InChI is InChI=1S/C12H21NO3/c1-16-9-11(6-7-14)13-12(15)8-10-4-2-3-5-10/h2,4,10-11,14H,3,5-9H2,1H3,(H,13,15). The zero-order valence-electron chi connectivity index (χ0n) is 9.82. The minimum Gasteiger partial charge on any atom is -0.396 e. The molecule has 2 N–H and O–H groups in total. The molecule has 92 valence electrons. The van der Waals surface area contributed by atoms with Crippen LogP contribution in [0.2, 0.25) is 0 Å². The number of aliphatic hydroxyl groups is 1. The molecule has 0 spiro atoms. The van der Waals surface area contributed by atoms with Gasteiger partial charge < -0.3 is 15.2 Å². The molecule has 1 amide bonds. The molecule has 0 aromatic carbocycles. The van der Waals surface area contributed by atoms with Crippen molar-refractivity contribution in [3.8, 4) is 0 Å². The quantitative estimate of drug-likeness (QED) is 0.634. The lowest BCUT2D eigenvalue weighted by Crippen LogP contribution is -2.39. The maximum Gasteiger partial charge on any atom is 0.220 e. The smallest absolute Gasteiger partial charge is 0.220 e. The molecular weight excluding hydrogens is 206 g/mol. The van der Waals surface area contributed by atoms with Crippen LogP contribution in [0, 0.1) is 5.92 Å². The van der Waals surface area contributed by atoms with Crippen LogP contribution in [-0.4, -0.2) is 37.4 Å². The van der Waals surface area contributed by atoms with Crippen molar-refractivity contribution in [1.29, 1.82) is 0 Å². The predicted octanol–water partition coefficient (Wildman–Crippen LogP) is 0.856. The second-order valence-corrected chi connectivity index (χ2v) is 4.20. The highest BCUT2D eigenvalue weighted by atomic mass is 16.5. The van der Waals surface area contributed by atoms with Crippen molar-refractivity contribution in [2.24, 2.45) is 5.92 Å². The summed E-state index contributed by atoms with van der Waals surface area (Å²) in [7, 11) is 1.59. The average Bonchev–Trinajstić information content (AvgIpc) is 2.71. The number of hydrogen-bond donors (Lipinski definition) is 2. The van der Waals surface area contributed by atoms with E-state index in [1.54, 1.807) is 7.11 Å². The average molecular weight is 227 g/mol.